The second kappa shape index (κ2) is 19.1. The van der Waals surface area contributed by atoms with Gasteiger partial charge in [-0.3, -0.25) is 19.9 Å². The van der Waals surface area contributed by atoms with Crippen molar-refractivity contribution in [2.45, 2.75) is 0 Å². The Labute approximate surface area is 159 Å². The van der Waals surface area contributed by atoms with Gasteiger partial charge in [0.05, 0.1) is 0 Å². The monoisotopic (exact) mass is 374 g/mol. The van der Waals surface area contributed by atoms with Crippen LogP contribution in [0.25, 0.3) is 0 Å². The van der Waals surface area contributed by atoms with Crippen molar-refractivity contribution in [3.05, 3.63) is 122 Å². The third-order valence-corrected chi connectivity index (χ3v) is 2.27. The van der Waals surface area contributed by atoms with Gasteiger partial charge in [0.1, 0.15) is 0 Å². The van der Waals surface area contributed by atoms with Gasteiger partial charge in [0.25, 0.3) is 0 Å². The summed E-state index contributed by atoms with van der Waals surface area (Å²) >= 11 is 0. The van der Waals surface area contributed by atoms with Crippen LogP contribution in [-0.4, -0.2) is 19.9 Å². The van der Waals surface area contributed by atoms with Crippen molar-refractivity contribution in [2.24, 2.45) is 0 Å². The van der Waals surface area contributed by atoms with Crippen LogP contribution in [0.5, 0.6) is 0 Å². The predicted octanol–water partition coefficient (Wildman–Crippen LogP) is 4.32. The van der Waals surface area contributed by atoms with Gasteiger partial charge < -0.3 is 0 Å². The van der Waals surface area contributed by atoms with Gasteiger partial charge in [-0.15, -0.1) is 0 Å². The number of rotatable bonds is 0. The van der Waals surface area contributed by atoms with E-state index in [9.17, 15) is 0 Å². The van der Waals surface area contributed by atoms with E-state index in [4.69, 9.17) is 0 Å². The summed E-state index contributed by atoms with van der Waals surface area (Å²) in [6.07, 6.45) is 14.0. The second-order valence-electron chi connectivity index (χ2n) is 4.10. The molecule has 0 radical (unpaired) electrons. The Morgan fingerprint density at radius 3 is 0.440 bits per heavy atom. The molecule has 0 aromatic carbocycles. The molecule has 0 bridgehead atoms. The molecule has 4 aromatic heterocycles. The quantitative estimate of drug-likeness (QED) is 0.430. The average molecular weight is 375 g/mol. The van der Waals surface area contributed by atoms with Gasteiger partial charge in [0.15, 0.2) is 0 Å². The first kappa shape index (κ1) is 22.1. The van der Waals surface area contributed by atoms with Gasteiger partial charge in [-0.1, -0.05) is 24.3 Å². The molecular formula is C20H20N4Ni+2. The molecule has 0 aliphatic rings. The van der Waals surface area contributed by atoms with Crippen LogP contribution in [0, 0.1) is 0 Å². The summed E-state index contributed by atoms with van der Waals surface area (Å²) in [5, 5.41) is 0. The van der Waals surface area contributed by atoms with Crippen LogP contribution in [0.2, 0.25) is 0 Å². The van der Waals surface area contributed by atoms with E-state index >= 15 is 0 Å². The summed E-state index contributed by atoms with van der Waals surface area (Å²) < 4.78 is 0. The summed E-state index contributed by atoms with van der Waals surface area (Å²) in [5.74, 6) is 0. The van der Waals surface area contributed by atoms with Crippen molar-refractivity contribution in [1.29, 1.82) is 0 Å². The molecule has 4 heterocycles. The van der Waals surface area contributed by atoms with Crippen LogP contribution in [0.15, 0.2) is 122 Å². The average Bonchev–Trinajstić information content (AvgIpc) is 2.75. The Morgan fingerprint density at radius 2 is 0.400 bits per heavy atom. The Bertz CT molecular complexity index is 436. The molecule has 0 fully saturated rings. The van der Waals surface area contributed by atoms with E-state index in [0.717, 1.165) is 0 Å². The molecular weight excluding hydrogens is 355 g/mol. The molecule has 0 atom stereocenters. The molecule has 0 unspecified atom stereocenters. The van der Waals surface area contributed by atoms with Crippen LogP contribution in [-0.2, 0) is 16.5 Å². The SMILES string of the molecule is [Ni+2].c1ccncc1.c1ccncc1.c1ccncc1.c1ccncc1. The molecule has 0 saturated carbocycles. The maximum atomic E-state index is 3.78. The Balaban J connectivity index is 0.000000303. The Hall–Kier alpha value is -2.91. The molecule has 0 amide bonds. The predicted molar refractivity (Wildman–Crippen MR) is 96.9 cm³/mol. The molecule has 0 spiro atoms. The van der Waals surface area contributed by atoms with Crippen molar-refractivity contribution in [3.63, 3.8) is 0 Å². The zero-order valence-corrected chi connectivity index (χ0v) is 14.6. The van der Waals surface area contributed by atoms with Crippen molar-refractivity contribution >= 4 is 0 Å². The number of aromatic nitrogens is 4. The standard InChI is InChI=1S/4C5H5N.Ni/c4*1-2-4-6-5-3-1;/h4*1-5H;/q;;;;+2. The molecule has 128 valence electrons. The normalized spacial score (nSPS) is 7.68. The van der Waals surface area contributed by atoms with Crippen LogP contribution < -0.4 is 0 Å². The summed E-state index contributed by atoms with van der Waals surface area (Å²) in [5.41, 5.74) is 0. The summed E-state index contributed by atoms with van der Waals surface area (Å²) in [6, 6.07) is 22.9. The number of hydrogen-bond acceptors (Lipinski definition) is 4. The molecule has 4 rings (SSSR count). The van der Waals surface area contributed by atoms with Crippen molar-refractivity contribution in [1.82, 2.24) is 19.9 Å². The van der Waals surface area contributed by atoms with E-state index < -0.39 is 0 Å². The van der Waals surface area contributed by atoms with Gasteiger partial charge in [-0.05, 0) is 48.5 Å². The molecule has 0 aliphatic heterocycles. The molecule has 0 aliphatic carbocycles. The molecule has 0 saturated heterocycles. The molecule has 4 nitrogen and oxygen atoms in total. The van der Waals surface area contributed by atoms with Gasteiger partial charge in [0, 0.05) is 49.6 Å². The fraction of sp³-hybridized carbons (Fsp3) is 0. The van der Waals surface area contributed by atoms with Crippen molar-refractivity contribution in [3.8, 4) is 0 Å². The van der Waals surface area contributed by atoms with E-state index in [0.29, 0.717) is 0 Å². The van der Waals surface area contributed by atoms with Gasteiger partial charge >= 0.3 is 16.5 Å². The van der Waals surface area contributed by atoms with E-state index in [1.54, 1.807) is 49.6 Å². The third kappa shape index (κ3) is 17.3. The van der Waals surface area contributed by atoms with Crippen LogP contribution >= 0.6 is 0 Å². The van der Waals surface area contributed by atoms with E-state index in [1.807, 2.05) is 72.8 Å². The smallest absolute Gasteiger partial charge is 0.265 e. The minimum absolute atomic E-state index is 0. The largest absolute Gasteiger partial charge is 2.00 e. The van der Waals surface area contributed by atoms with E-state index in [-0.39, 0.29) is 16.5 Å². The fourth-order valence-corrected chi connectivity index (χ4v) is 1.25. The third-order valence-electron chi connectivity index (χ3n) is 2.27. The zero-order valence-electron chi connectivity index (χ0n) is 13.7. The number of nitrogens with zero attached hydrogens (tertiary/aromatic N) is 4. The molecule has 0 N–H and O–H groups in total. The number of pyridine rings is 4. The summed E-state index contributed by atoms with van der Waals surface area (Å²) in [7, 11) is 0. The van der Waals surface area contributed by atoms with Crippen molar-refractivity contribution < 1.29 is 16.5 Å². The first-order valence-corrected chi connectivity index (χ1v) is 7.40. The van der Waals surface area contributed by atoms with Crippen LogP contribution in [0.1, 0.15) is 0 Å². The first-order chi connectivity index (χ1) is 12.0. The summed E-state index contributed by atoms with van der Waals surface area (Å²) in [4.78, 5) is 15.1. The number of hydrogen-bond donors (Lipinski definition) is 0. The first-order valence-electron chi connectivity index (χ1n) is 7.40. The topological polar surface area (TPSA) is 51.6 Å². The fourth-order valence-electron chi connectivity index (χ4n) is 1.25. The molecule has 4 aromatic rings. The van der Waals surface area contributed by atoms with Crippen molar-refractivity contribution in [2.75, 3.05) is 0 Å². The minimum Gasteiger partial charge on any atom is -0.265 e. The van der Waals surface area contributed by atoms with Gasteiger partial charge in [-0.2, -0.15) is 0 Å². The Kier molecular flexibility index (Phi) is 16.9. The Morgan fingerprint density at radius 1 is 0.240 bits per heavy atom. The molecule has 5 heteroatoms. The maximum absolute atomic E-state index is 3.78. The molecule has 25 heavy (non-hydrogen) atoms. The van der Waals surface area contributed by atoms with Crippen LogP contribution in [0.3, 0.4) is 0 Å². The van der Waals surface area contributed by atoms with Gasteiger partial charge in [-0.25, -0.2) is 0 Å². The van der Waals surface area contributed by atoms with Crippen LogP contribution in [0.4, 0.5) is 0 Å². The van der Waals surface area contributed by atoms with E-state index in [2.05, 4.69) is 19.9 Å². The summed E-state index contributed by atoms with van der Waals surface area (Å²) in [6.45, 7) is 0. The van der Waals surface area contributed by atoms with Gasteiger partial charge in [0.2, 0.25) is 0 Å². The second-order valence-corrected chi connectivity index (χ2v) is 4.10. The van der Waals surface area contributed by atoms with E-state index in [1.165, 1.54) is 0 Å². The maximum Gasteiger partial charge on any atom is 2.00 e. The minimum atomic E-state index is 0. The zero-order chi connectivity index (χ0) is 17.0.